The van der Waals surface area contributed by atoms with Gasteiger partial charge in [0, 0.05) is 11.8 Å². The fourth-order valence-electron chi connectivity index (χ4n) is 2.71. The van der Waals surface area contributed by atoms with Gasteiger partial charge in [-0.25, -0.2) is 5.43 Å². The molecule has 0 atom stereocenters. The summed E-state index contributed by atoms with van der Waals surface area (Å²) in [6.07, 6.45) is 1.23. The molecule has 3 aromatic carbocycles. The van der Waals surface area contributed by atoms with Crippen molar-refractivity contribution in [3.63, 3.8) is 0 Å². The number of hydrogen-bond donors (Lipinski definition) is 2. The molecule has 2 amide bonds. The average Bonchev–Trinajstić information content (AvgIpc) is 2.84. The Kier molecular flexibility index (Phi) is 7.64. The normalized spacial score (nSPS) is 10.4. The van der Waals surface area contributed by atoms with E-state index in [4.69, 9.17) is 9.47 Å². The lowest BCUT2D eigenvalue weighted by Gasteiger charge is -2.07. The van der Waals surface area contributed by atoms with E-state index in [0.29, 0.717) is 17.0 Å². The van der Waals surface area contributed by atoms with E-state index in [9.17, 15) is 29.8 Å². The second-order valence-corrected chi connectivity index (χ2v) is 6.72. The zero-order valence-electron chi connectivity index (χ0n) is 18.0. The first kappa shape index (κ1) is 24.3. The summed E-state index contributed by atoms with van der Waals surface area (Å²) in [5, 5.41) is 28.2. The number of rotatable bonds is 8. The van der Waals surface area contributed by atoms with E-state index >= 15 is 0 Å². The van der Waals surface area contributed by atoms with Crippen LogP contribution in [0.2, 0.25) is 0 Å². The summed E-state index contributed by atoms with van der Waals surface area (Å²) < 4.78 is 10.5. The van der Waals surface area contributed by atoms with Gasteiger partial charge in [-0.05, 0) is 48.0 Å². The lowest BCUT2D eigenvalue weighted by Crippen LogP contribution is -2.32. The second-order valence-electron chi connectivity index (χ2n) is 6.72. The molecule has 178 valence electrons. The number of benzene rings is 3. The number of anilines is 1. The molecule has 0 aliphatic rings. The zero-order chi connectivity index (χ0) is 25.4. The molecule has 13 nitrogen and oxygen atoms in total. The maximum absolute atomic E-state index is 12.0. The first-order valence-electron chi connectivity index (χ1n) is 9.76. The molecule has 0 fully saturated rings. The molecule has 0 spiro atoms. The summed E-state index contributed by atoms with van der Waals surface area (Å²) >= 11 is 0. The monoisotopic (exact) mass is 479 g/mol. The van der Waals surface area contributed by atoms with Crippen molar-refractivity contribution < 1.29 is 28.9 Å². The van der Waals surface area contributed by atoms with Gasteiger partial charge in [0.1, 0.15) is 11.5 Å². The Morgan fingerprint density at radius 1 is 0.914 bits per heavy atom. The van der Waals surface area contributed by atoms with Gasteiger partial charge in [0.2, 0.25) is 5.75 Å². The molecule has 13 heteroatoms. The fourth-order valence-corrected chi connectivity index (χ4v) is 2.71. The summed E-state index contributed by atoms with van der Waals surface area (Å²) in [7, 11) is 1.50. The SMILES string of the molecule is COc1ccc(NC(=O)C(=O)NN=Cc2cccc(Oc3ccc([N+](=O)[O-])cc3[N+](=O)[O-])c2)cc1. The Morgan fingerprint density at radius 3 is 2.31 bits per heavy atom. The number of nitro benzene ring substituents is 2. The largest absolute Gasteiger partial charge is 0.497 e. The number of hydrazone groups is 1. The van der Waals surface area contributed by atoms with Crippen molar-refractivity contribution in [3.05, 3.63) is 92.5 Å². The van der Waals surface area contributed by atoms with E-state index in [1.54, 1.807) is 36.4 Å². The molecule has 35 heavy (non-hydrogen) atoms. The summed E-state index contributed by atoms with van der Waals surface area (Å²) in [5.41, 5.74) is 1.88. The fraction of sp³-hybridized carbons (Fsp3) is 0.0455. The number of nitro groups is 2. The van der Waals surface area contributed by atoms with Crippen molar-refractivity contribution in [1.29, 1.82) is 0 Å². The Labute approximate surface area is 197 Å². The van der Waals surface area contributed by atoms with E-state index < -0.39 is 33.0 Å². The van der Waals surface area contributed by atoms with Gasteiger partial charge in [-0.1, -0.05) is 12.1 Å². The first-order valence-corrected chi connectivity index (χ1v) is 9.76. The van der Waals surface area contributed by atoms with Crippen LogP contribution in [0.3, 0.4) is 0 Å². The third-order valence-corrected chi connectivity index (χ3v) is 4.37. The topological polar surface area (TPSA) is 175 Å². The summed E-state index contributed by atoms with van der Waals surface area (Å²) in [5.74, 6) is -1.38. The number of ether oxygens (including phenoxy) is 2. The minimum Gasteiger partial charge on any atom is -0.497 e. The van der Waals surface area contributed by atoms with E-state index in [2.05, 4.69) is 15.8 Å². The van der Waals surface area contributed by atoms with Crippen LogP contribution in [0.4, 0.5) is 17.1 Å². The number of carbonyl (C=O) groups is 2. The van der Waals surface area contributed by atoms with E-state index in [0.717, 1.165) is 18.2 Å². The molecule has 0 unspecified atom stereocenters. The lowest BCUT2D eigenvalue weighted by molar-refractivity contribution is -0.394. The molecule has 0 aliphatic heterocycles. The number of nitrogens with zero attached hydrogens (tertiary/aromatic N) is 3. The van der Waals surface area contributed by atoms with Crippen molar-refractivity contribution in [2.75, 3.05) is 12.4 Å². The molecule has 0 bridgehead atoms. The van der Waals surface area contributed by atoms with Crippen LogP contribution in [0, 0.1) is 20.2 Å². The third-order valence-electron chi connectivity index (χ3n) is 4.37. The predicted octanol–water partition coefficient (Wildman–Crippen LogP) is 3.39. The quantitative estimate of drug-likeness (QED) is 0.214. The minimum absolute atomic E-state index is 0.175. The Morgan fingerprint density at radius 2 is 1.66 bits per heavy atom. The number of non-ortho nitro benzene ring substituents is 1. The highest BCUT2D eigenvalue weighted by Crippen LogP contribution is 2.34. The van der Waals surface area contributed by atoms with E-state index in [-0.39, 0.29) is 11.5 Å². The predicted molar refractivity (Wildman–Crippen MR) is 124 cm³/mol. The van der Waals surface area contributed by atoms with E-state index in [1.165, 1.54) is 25.5 Å². The third kappa shape index (κ3) is 6.58. The van der Waals surface area contributed by atoms with Crippen molar-refractivity contribution in [1.82, 2.24) is 5.43 Å². The van der Waals surface area contributed by atoms with Crippen LogP contribution in [0.15, 0.2) is 71.8 Å². The Bertz CT molecular complexity index is 1310. The van der Waals surface area contributed by atoms with Gasteiger partial charge >= 0.3 is 17.5 Å². The lowest BCUT2D eigenvalue weighted by atomic mass is 10.2. The van der Waals surface area contributed by atoms with Crippen LogP contribution in [-0.2, 0) is 9.59 Å². The summed E-state index contributed by atoms with van der Waals surface area (Å²) in [6, 6.07) is 15.5. The molecule has 0 aliphatic carbocycles. The molecule has 2 N–H and O–H groups in total. The highest BCUT2D eigenvalue weighted by atomic mass is 16.6. The molecule has 0 saturated carbocycles. The molecule has 0 saturated heterocycles. The van der Waals surface area contributed by atoms with Crippen molar-refractivity contribution in [3.8, 4) is 17.2 Å². The molecule has 0 aromatic heterocycles. The van der Waals surface area contributed by atoms with Crippen LogP contribution in [0.1, 0.15) is 5.56 Å². The molecule has 0 radical (unpaired) electrons. The summed E-state index contributed by atoms with van der Waals surface area (Å²) in [4.78, 5) is 44.5. The van der Waals surface area contributed by atoms with Crippen LogP contribution in [0.25, 0.3) is 0 Å². The molecule has 3 aromatic rings. The van der Waals surface area contributed by atoms with Gasteiger partial charge in [0.25, 0.3) is 5.69 Å². The number of carbonyl (C=O) groups excluding carboxylic acids is 2. The van der Waals surface area contributed by atoms with E-state index in [1.807, 2.05) is 0 Å². The zero-order valence-corrected chi connectivity index (χ0v) is 18.0. The number of amides is 2. The molecular formula is C22H17N5O8. The highest BCUT2D eigenvalue weighted by Gasteiger charge is 2.21. The van der Waals surface area contributed by atoms with Crippen molar-refractivity contribution in [2.24, 2.45) is 5.10 Å². The number of nitrogens with one attached hydrogen (secondary N) is 2. The Hall–Kier alpha value is -5.33. The van der Waals surface area contributed by atoms with Gasteiger partial charge < -0.3 is 14.8 Å². The standard InChI is InChI=1S/C22H17N5O8/c1-34-17-8-5-15(6-9-17)24-21(28)22(29)25-23-13-14-3-2-4-18(11-14)35-20-10-7-16(26(30)31)12-19(20)27(32)33/h2-13H,1H3,(H,24,28)(H,25,29). The maximum atomic E-state index is 12.0. The van der Waals surface area contributed by atoms with Crippen molar-refractivity contribution >= 4 is 35.1 Å². The van der Waals surface area contributed by atoms with Crippen LogP contribution < -0.4 is 20.2 Å². The van der Waals surface area contributed by atoms with Gasteiger partial charge in [0.15, 0.2) is 0 Å². The number of hydrogen-bond acceptors (Lipinski definition) is 9. The Balaban J connectivity index is 1.63. The molecular weight excluding hydrogens is 462 g/mol. The highest BCUT2D eigenvalue weighted by molar-refractivity contribution is 6.39. The van der Waals surface area contributed by atoms with Gasteiger partial charge in [-0.3, -0.25) is 29.8 Å². The van der Waals surface area contributed by atoms with Gasteiger partial charge in [-0.2, -0.15) is 5.10 Å². The van der Waals surface area contributed by atoms with Crippen LogP contribution >= 0.6 is 0 Å². The van der Waals surface area contributed by atoms with Gasteiger partial charge in [-0.15, -0.1) is 0 Å². The molecule has 3 rings (SSSR count). The van der Waals surface area contributed by atoms with Crippen molar-refractivity contribution in [2.45, 2.75) is 0 Å². The van der Waals surface area contributed by atoms with Crippen LogP contribution in [0.5, 0.6) is 17.2 Å². The smallest absolute Gasteiger partial charge is 0.329 e. The molecule has 0 heterocycles. The summed E-state index contributed by atoms with van der Waals surface area (Å²) in [6.45, 7) is 0. The maximum Gasteiger partial charge on any atom is 0.329 e. The van der Waals surface area contributed by atoms with Gasteiger partial charge in [0.05, 0.1) is 29.2 Å². The average molecular weight is 479 g/mol. The first-order chi connectivity index (χ1) is 16.8. The minimum atomic E-state index is -1.01. The second kappa shape index (κ2) is 11.0. The number of methoxy groups -OCH3 is 1. The van der Waals surface area contributed by atoms with Crippen LogP contribution in [-0.4, -0.2) is 35.0 Å².